The van der Waals surface area contributed by atoms with Crippen LogP contribution in [0.5, 0.6) is 0 Å². The first-order valence-corrected chi connectivity index (χ1v) is 5.25. The van der Waals surface area contributed by atoms with Gasteiger partial charge in [0.2, 0.25) is 0 Å². The third kappa shape index (κ3) is 2.38. The predicted octanol–water partition coefficient (Wildman–Crippen LogP) is 2.47. The summed E-state index contributed by atoms with van der Waals surface area (Å²) in [4.78, 5) is 0. The van der Waals surface area contributed by atoms with Crippen LogP contribution >= 0.6 is 11.8 Å². The second kappa shape index (κ2) is 2.67. The van der Waals surface area contributed by atoms with Crippen molar-refractivity contribution in [3.8, 4) is 0 Å². The Morgan fingerprint density at radius 3 is 2.09 bits per heavy atom. The number of hydrogen-bond acceptors (Lipinski definition) is 2. The minimum atomic E-state index is 0.336. The van der Waals surface area contributed by atoms with Crippen LogP contribution in [0, 0.1) is 5.41 Å². The van der Waals surface area contributed by atoms with Gasteiger partial charge in [-0.3, -0.25) is 5.32 Å². The van der Waals surface area contributed by atoms with Gasteiger partial charge in [-0.2, -0.15) is 0 Å². The molecule has 0 saturated carbocycles. The van der Waals surface area contributed by atoms with E-state index in [1.807, 2.05) is 11.8 Å². The van der Waals surface area contributed by atoms with E-state index in [1.165, 1.54) is 5.75 Å². The van der Waals surface area contributed by atoms with Crippen molar-refractivity contribution in [1.29, 1.82) is 0 Å². The highest BCUT2D eigenvalue weighted by atomic mass is 32.2. The summed E-state index contributed by atoms with van der Waals surface area (Å²) < 4.78 is 0. The van der Waals surface area contributed by atoms with Crippen molar-refractivity contribution in [3.63, 3.8) is 0 Å². The highest BCUT2D eigenvalue weighted by Gasteiger charge is 2.36. The molecule has 0 bridgehead atoms. The zero-order chi connectivity index (χ0) is 8.70. The van der Waals surface area contributed by atoms with Crippen LogP contribution in [0.25, 0.3) is 0 Å². The molecule has 1 nitrogen and oxygen atoms in total. The van der Waals surface area contributed by atoms with Crippen molar-refractivity contribution >= 4 is 11.8 Å². The SMILES string of the molecule is CC1(C)CSC(C(C)(C)C)N1. The maximum atomic E-state index is 3.63. The second-order valence-electron chi connectivity index (χ2n) is 5.09. The minimum absolute atomic E-state index is 0.336. The monoisotopic (exact) mass is 173 g/mol. The molecule has 1 saturated heterocycles. The van der Waals surface area contributed by atoms with Gasteiger partial charge in [0.15, 0.2) is 0 Å². The Labute approximate surface area is 74.3 Å². The molecule has 1 heterocycles. The van der Waals surface area contributed by atoms with Crippen molar-refractivity contribution in [2.75, 3.05) is 5.75 Å². The lowest BCUT2D eigenvalue weighted by Crippen LogP contribution is -2.43. The van der Waals surface area contributed by atoms with Crippen LogP contribution in [-0.2, 0) is 0 Å². The Kier molecular flexibility index (Phi) is 2.28. The van der Waals surface area contributed by atoms with E-state index in [2.05, 4.69) is 39.9 Å². The second-order valence-corrected chi connectivity index (χ2v) is 6.18. The summed E-state index contributed by atoms with van der Waals surface area (Å²) in [6, 6.07) is 0. The van der Waals surface area contributed by atoms with Crippen LogP contribution in [-0.4, -0.2) is 16.7 Å². The number of nitrogens with one attached hydrogen (secondary N) is 1. The molecule has 0 amide bonds. The molecule has 0 spiro atoms. The maximum Gasteiger partial charge on any atom is 0.0586 e. The van der Waals surface area contributed by atoms with Crippen molar-refractivity contribution in [3.05, 3.63) is 0 Å². The first-order chi connectivity index (χ1) is 4.81. The van der Waals surface area contributed by atoms with Crippen LogP contribution in [0.1, 0.15) is 34.6 Å². The average Bonchev–Trinajstić information content (AvgIpc) is 2.07. The topological polar surface area (TPSA) is 12.0 Å². The van der Waals surface area contributed by atoms with Crippen molar-refractivity contribution < 1.29 is 0 Å². The van der Waals surface area contributed by atoms with Gasteiger partial charge in [0.1, 0.15) is 0 Å². The van der Waals surface area contributed by atoms with Gasteiger partial charge >= 0.3 is 0 Å². The van der Waals surface area contributed by atoms with Crippen molar-refractivity contribution in [2.24, 2.45) is 5.41 Å². The number of thioether (sulfide) groups is 1. The zero-order valence-corrected chi connectivity index (χ0v) is 9.01. The van der Waals surface area contributed by atoms with E-state index in [9.17, 15) is 0 Å². The highest BCUT2D eigenvalue weighted by molar-refractivity contribution is 8.00. The van der Waals surface area contributed by atoms with E-state index < -0.39 is 0 Å². The molecule has 66 valence electrons. The molecule has 0 aromatic carbocycles. The molecule has 0 aromatic rings. The van der Waals surface area contributed by atoms with Gasteiger partial charge in [-0.1, -0.05) is 20.8 Å². The largest absolute Gasteiger partial charge is 0.299 e. The summed E-state index contributed by atoms with van der Waals surface area (Å²) in [5.41, 5.74) is 0.723. The summed E-state index contributed by atoms with van der Waals surface area (Å²) >= 11 is 2.05. The first-order valence-electron chi connectivity index (χ1n) is 4.21. The molecule has 1 aliphatic rings. The summed E-state index contributed by atoms with van der Waals surface area (Å²) in [6.07, 6.45) is 0. The summed E-state index contributed by atoms with van der Waals surface area (Å²) in [6.45, 7) is 11.4. The molecule has 2 heteroatoms. The minimum Gasteiger partial charge on any atom is -0.299 e. The van der Waals surface area contributed by atoms with Gasteiger partial charge < -0.3 is 0 Å². The molecular formula is C9H19NS. The highest BCUT2D eigenvalue weighted by Crippen LogP contribution is 2.36. The Morgan fingerprint density at radius 2 is 1.91 bits per heavy atom. The average molecular weight is 173 g/mol. The standard InChI is InChI=1S/C9H19NS/c1-8(2,3)7-10-9(4,5)6-11-7/h7,10H,6H2,1-5H3. The van der Waals surface area contributed by atoms with Gasteiger partial charge in [-0.15, -0.1) is 11.8 Å². The molecule has 1 rings (SSSR count). The van der Waals surface area contributed by atoms with Gasteiger partial charge in [0, 0.05) is 11.3 Å². The Morgan fingerprint density at radius 1 is 1.36 bits per heavy atom. The molecule has 1 aliphatic heterocycles. The number of rotatable bonds is 0. The van der Waals surface area contributed by atoms with E-state index >= 15 is 0 Å². The third-order valence-corrected chi connectivity index (χ3v) is 3.97. The molecule has 1 atom stereocenters. The lowest BCUT2D eigenvalue weighted by atomic mass is 9.95. The van der Waals surface area contributed by atoms with E-state index in [-0.39, 0.29) is 0 Å². The lowest BCUT2D eigenvalue weighted by Gasteiger charge is -2.28. The first kappa shape index (κ1) is 9.40. The normalized spacial score (nSPS) is 30.8. The Hall–Kier alpha value is 0.310. The zero-order valence-electron chi connectivity index (χ0n) is 8.19. The quantitative estimate of drug-likeness (QED) is 0.604. The van der Waals surface area contributed by atoms with Gasteiger partial charge in [-0.25, -0.2) is 0 Å². The molecule has 1 fully saturated rings. The van der Waals surface area contributed by atoms with Crippen molar-refractivity contribution in [2.45, 2.75) is 45.5 Å². The van der Waals surface area contributed by atoms with Crippen LogP contribution in [0.3, 0.4) is 0 Å². The van der Waals surface area contributed by atoms with Crippen molar-refractivity contribution in [1.82, 2.24) is 5.32 Å². The Balaban J connectivity index is 2.55. The molecular weight excluding hydrogens is 154 g/mol. The summed E-state index contributed by atoms with van der Waals surface area (Å²) in [5.74, 6) is 1.23. The van der Waals surface area contributed by atoms with Crippen LogP contribution < -0.4 is 5.32 Å². The fraction of sp³-hybridized carbons (Fsp3) is 1.00. The van der Waals surface area contributed by atoms with E-state index in [0.717, 1.165) is 0 Å². The molecule has 1 N–H and O–H groups in total. The molecule has 0 aliphatic carbocycles. The molecule has 11 heavy (non-hydrogen) atoms. The Bertz CT molecular complexity index is 146. The van der Waals surface area contributed by atoms with Gasteiger partial charge in [0.25, 0.3) is 0 Å². The van der Waals surface area contributed by atoms with E-state index in [1.54, 1.807) is 0 Å². The van der Waals surface area contributed by atoms with Crippen LogP contribution in [0.15, 0.2) is 0 Å². The van der Waals surface area contributed by atoms with E-state index in [0.29, 0.717) is 16.3 Å². The molecule has 1 unspecified atom stereocenters. The maximum absolute atomic E-state index is 3.63. The van der Waals surface area contributed by atoms with Gasteiger partial charge in [-0.05, 0) is 19.3 Å². The summed E-state index contributed by atoms with van der Waals surface area (Å²) in [7, 11) is 0. The summed E-state index contributed by atoms with van der Waals surface area (Å²) in [5, 5.41) is 4.26. The molecule has 0 aromatic heterocycles. The fourth-order valence-corrected chi connectivity index (χ4v) is 2.77. The predicted molar refractivity (Wildman–Crippen MR) is 52.9 cm³/mol. The third-order valence-electron chi connectivity index (χ3n) is 1.92. The van der Waals surface area contributed by atoms with Crippen LogP contribution in [0.2, 0.25) is 0 Å². The van der Waals surface area contributed by atoms with E-state index in [4.69, 9.17) is 0 Å². The van der Waals surface area contributed by atoms with Crippen LogP contribution in [0.4, 0.5) is 0 Å². The lowest BCUT2D eigenvalue weighted by molar-refractivity contribution is 0.310. The van der Waals surface area contributed by atoms with Gasteiger partial charge in [0.05, 0.1) is 5.37 Å². The smallest absolute Gasteiger partial charge is 0.0586 e. The molecule has 0 radical (unpaired) electrons. The fourth-order valence-electron chi connectivity index (χ4n) is 1.20. The number of hydrogen-bond donors (Lipinski definition) is 1.